The summed E-state index contributed by atoms with van der Waals surface area (Å²) < 4.78 is 0. The molecule has 0 aliphatic carbocycles. The molecule has 2 aromatic rings. The highest BCUT2D eigenvalue weighted by atomic mass is 32.1. The lowest BCUT2D eigenvalue weighted by atomic mass is 10.2. The zero-order chi connectivity index (χ0) is 18.1. The summed E-state index contributed by atoms with van der Waals surface area (Å²) >= 11 is 7.06. The average Bonchev–Trinajstić information content (AvgIpc) is 2.82. The fourth-order valence-electron chi connectivity index (χ4n) is 3.16. The number of aromatic amines is 1. The molecule has 136 valence electrons. The van der Waals surface area contributed by atoms with Gasteiger partial charge in [0.1, 0.15) is 11.4 Å². The van der Waals surface area contributed by atoms with Crippen molar-refractivity contribution < 1.29 is 4.90 Å². The molecule has 3 heterocycles. The third-order valence-electron chi connectivity index (χ3n) is 4.68. The van der Waals surface area contributed by atoms with E-state index in [1.807, 2.05) is 13.8 Å². The van der Waals surface area contributed by atoms with Gasteiger partial charge in [0, 0.05) is 10.9 Å². The van der Waals surface area contributed by atoms with Crippen LogP contribution >= 0.6 is 23.6 Å². The number of fused-ring (bicyclic) bond motifs is 1. The van der Waals surface area contributed by atoms with Gasteiger partial charge < -0.3 is 20.1 Å². The molecule has 6 nitrogen and oxygen atoms in total. The van der Waals surface area contributed by atoms with Gasteiger partial charge in [-0.15, -0.1) is 11.3 Å². The van der Waals surface area contributed by atoms with E-state index >= 15 is 0 Å². The fourth-order valence-corrected chi connectivity index (χ4v) is 4.63. The number of H-pyrrole nitrogens is 1. The van der Waals surface area contributed by atoms with Crippen molar-refractivity contribution in [3.63, 3.8) is 0 Å². The second-order valence-electron chi connectivity index (χ2n) is 6.99. The lowest BCUT2D eigenvalue weighted by Gasteiger charge is -2.34. The lowest BCUT2D eigenvalue weighted by Crippen LogP contribution is -3.13. The Labute approximate surface area is 157 Å². The van der Waals surface area contributed by atoms with Crippen LogP contribution in [0.25, 0.3) is 10.2 Å². The Hall–Kier alpha value is -1.51. The summed E-state index contributed by atoms with van der Waals surface area (Å²) in [7, 11) is 0. The zero-order valence-electron chi connectivity index (χ0n) is 15.2. The van der Waals surface area contributed by atoms with E-state index in [0.29, 0.717) is 6.04 Å². The standard InChI is InChI=1S/C17H25N5OS2/c1-10(2)18-17(24)22-7-5-21(6-8-22)9-13-19-15(23)14-11(3)12(4)25-16(14)20-13/h10H,5-9H2,1-4H3,(H,18,24)(H,19,20,23)/p+1. The van der Waals surface area contributed by atoms with Gasteiger partial charge in [-0.05, 0) is 45.5 Å². The molecule has 0 atom stereocenters. The number of rotatable bonds is 3. The van der Waals surface area contributed by atoms with Crippen LogP contribution < -0.4 is 15.8 Å². The molecule has 1 aliphatic heterocycles. The van der Waals surface area contributed by atoms with E-state index in [-0.39, 0.29) is 5.56 Å². The Morgan fingerprint density at radius 1 is 1.40 bits per heavy atom. The van der Waals surface area contributed by atoms with Gasteiger partial charge in [0.15, 0.2) is 10.9 Å². The molecule has 3 rings (SSSR count). The number of hydrogen-bond donors (Lipinski definition) is 3. The summed E-state index contributed by atoms with van der Waals surface area (Å²) in [5.41, 5.74) is 1.04. The Balaban J connectivity index is 1.65. The topological polar surface area (TPSA) is 65.5 Å². The van der Waals surface area contributed by atoms with Gasteiger partial charge in [-0.2, -0.15) is 0 Å². The van der Waals surface area contributed by atoms with Gasteiger partial charge in [-0.1, -0.05) is 0 Å². The van der Waals surface area contributed by atoms with E-state index in [9.17, 15) is 4.79 Å². The van der Waals surface area contributed by atoms with E-state index in [1.54, 1.807) is 11.3 Å². The monoisotopic (exact) mass is 380 g/mol. The molecule has 2 aromatic heterocycles. The van der Waals surface area contributed by atoms with Crippen LogP contribution in [0.5, 0.6) is 0 Å². The summed E-state index contributed by atoms with van der Waals surface area (Å²) in [4.78, 5) is 25.7. The molecule has 0 unspecified atom stereocenters. The highest BCUT2D eigenvalue weighted by molar-refractivity contribution is 7.80. The summed E-state index contributed by atoms with van der Waals surface area (Å²) in [6, 6.07) is 0.358. The SMILES string of the molecule is Cc1sc2nc(C[NH+]3CCN(C(=S)NC(C)C)CC3)[nH]c(=O)c2c1C. The summed E-state index contributed by atoms with van der Waals surface area (Å²) in [5, 5.41) is 4.89. The molecular formula is C17H26N5OS2+. The van der Waals surface area contributed by atoms with Crippen LogP contribution in [0.4, 0.5) is 0 Å². The minimum absolute atomic E-state index is 0.0119. The van der Waals surface area contributed by atoms with Crippen LogP contribution in [0.3, 0.4) is 0 Å². The number of hydrogen-bond acceptors (Lipinski definition) is 4. The second kappa shape index (κ2) is 7.39. The first-order valence-corrected chi connectivity index (χ1v) is 9.95. The van der Waals surface area contributed by atoms with Crippen LogP contribution in [0.1, 0.15) is 30.1 Å². The van der Waals surface area contributed by atoms with Crippen LogP contribution in [0.15, 0.2) is 4.79 Å². The molecule has 0 saturated carbocycles. The van der Waals surface area contributed by atoms with E-state index in [2.05, 4.69) is 29.0 Å². The molecule has 8 heteroatoms. The number of nitrogens with one attached hydrogen (secondary N) is 3. The second-order valence-corrected chi connectivity index (χ2v) is 8.58. The lowest BCUT2D eigenvalue weighted by molar-refractivity contribution is -0.918. The Morgan fingerprint density at radius 2 is 2.08 bits per heavy atom. The maximum Gasteiger partial charge on any atom is 0.260 e. The molecule has 0 radical (unpaired) electrons. The zero-order valence-corrected chi connectivity index (χ0v) is 16.9. The summed E-state index contributed by atoms with van der Waals surface area (Å²) in [6.45, 7) is 12.8. The number of aryl methyl sites for hydroxylation is 2. The van der Waals surface area contributed by atoms with E-state index < -0.39 is 0 Å². The van der Waals surface area contributed by atoms with Crippen LogP contribution in [0, 0.1) is 13.8 Å². The normalized spacial score (nSPS) is 16.0. The predicted molar refractivity (Wildman–Crippen MR) is 107 cm³/mol. The molecule has 1 fully saturated rings. The number of thiocarbonyl (C=S) groups is 1. The van der Waals surface area contributed by atoms with Crippen molar-refractivity contribution >= 4 is 38.9 Å². The quantitative estimate of drug-likeness (QED) is 0.680. The first-order valence-electron chi connectivity index (χ1n) is 8.73. The first kappa shape index (κ1) is 18.3. The van der Waals surface area contributed by atoms with Crippen molar-refractivity contribution in [1.82, 2.24) is 20.2 Å². The predicted octanol–water partition coefficient (Wildman–Crippen LogP) is 0.585. The highest BCUT2D eigenvalue weighted by Crippen LogP contribution is 2.25. The Bertz CT molecular complexity index is 833. The van der Waals surface area contributed by atoms with Crippen molar-refractivity contribution in [2.75, 3.05) is 26.2 Å². The number of thiophene rings is 1. The molecule has 0 amide bonds. The largest absolute Gasteiger partial charge is 0.360 e. The third-order valence-corrected chi connectivity index (χ3v) is 6.15. The average molecular weight is 381 g/mol. The minimum atomic E-state index is -0.0119. The van der Waals surface area contributed by atoms with E-state index in [0.717, 1.165) is 64.3 Å². The van der Waals surface area contributed by atoms with Gasteiger partial charge in [0.2, 0.25) is 0 Å². The number of piperazine rings is 1. The van der Waals surface area contributed by atoms with Crippen molar-refractivity contribution in [1.29, 1.82) is 0 Å². The molecule has 0 bridgehead atoms. The molecule has 25 heavy (non-hydrogen) atoms. The van der Waals surface area contributed by atoms with Crippen molar-refractivity contribution in [2.45, 2.75) is 40.3 Å². The van der Waals surface area contributed by atoms with Crippen LogP contribution in [0.2, 0.25) is 0 Å². The summed E-state index contributed by atoms with van der Waals surface area (Å²) in [5.74, 6) is 0.782. The van der Waals surface area contributed by atoms with Gasteiger partial charge in [-0.25, -0.2) is 4.98 Å². The third kappa shape index (κ3) is 4.02. The Kier molecular flexibility index (Phi) is 5.41. The van der Waals surface area contributed by atoms with Crippen molar-refractivity contribution in [2.24, 2.45) is 0 Å². The minimum Gasteiger partial charge on any atom is -0.360 e. The molecule has 1 aliphatic rings. The molecule has 3 N–H and O–H groups in total. The van der Waals surface area contributed by atoms with E-state index in [1.165, 1.54) is 4.90 Å². The van der Waals surface area contributed by atoms with Crippen molar-refractivity contribution in [3.05, 3.63) is 26.6 Å². The smallest absolute Gasteiger partial charge is 0.260 e. The summed E-state index contributed by atoms with van der Waals surface area (Å²) in [6.07, 6.45) is 0. The highest BCUT2D eigenvalue weighted by Gasteiger charge is 2.23. The molecule has 0 spiro atoms. The molecular weight excluding hydrogens is 354 g/mol. The fraction of sp³-hybridized carbons (Fsp3) is 0.588. The number of nitrogens with zero attached hydrogens (tertiary/aromatic N) is 2. The van der Waals surface area contributed by atoms with Crippen LogP contribution in [-0.4, -0.2) is 52.2 Å². The number of aromatic nitrogens is 2. The van der Waals surface area contributed by atoms with E-state index in [4.69, 9.17) is 17.2 Å². The maximum atomic E-state index is 12.4. The first-order chi connectivity index (χ1) is 11.8. The Morgan fingerprint density at radius 3 is 2.72 bits per heavy atom. The van der Waals surface area contributed by atoms with Crippen molar-refractivity contribution in [3.8, 4) is 0 Å². The van der Waals surface area contributed by atoms with Crippen LogP contribution in [-0.2, 0) is 6.54 Å². The molecule has 0 aromatic carbocycles. The van der Waals surface area contributed by atoms with Gasteiger partial charge in [0.05, 0.1) is 31.6 Å². The van der Waals surface area contributed by atoms with Gasteiger partial charge in [-0.3, -0.25) is 4.79 Å². The van der Waals surface area contributed by atoms with Gasteiger partial charge in [0.25, 0.3) is 5.56 Å². The number of quaternary nitrogens is 1. The maximum absolute atomic E-state index is 12.4. The molecule has 1 saturated heterocycles. The van der Waals surface area contributed by atoms with Gasteiger partial charge >= 0.3 is 0 Å².